The maximum Gasteiger partial charge on any atom is 0.133 e. The molecule has 0 unspecified atom stereocenters. The van der Waals surface area contributed by atoms with Crippen LogP contribution in [0, 0.1) is 0 Å². The van der Waals surface area contributed by atoms with Crippen molar-refractivity contribution in [1.82, 2.24) is 9.78 Å². The maximum absolute atomic E-state index is 6.31. The summed E-state index contributed by atoms with van der Waals surface area (Å²) in [4.78, 5) is 0. The second kappa shape index (κ2) is 6.02. The summed E-state index contributed by atoms with van der Waals surface area (Å²) in [5.74, 6) is 1.10. The number of nitrogens with one attached hydrogen (secondary N) is 1. The monoisotopic (exact) mass is 387 g/mol. The van der Waals surface area contributed by atoms with Crippen molar-refractivity contribution in [2.45, 2.75) is 12.8 Å². The number of hydrogen-bond acceptors (Lipinski definition) is 2. The van der Waals surface area contributed by atoms with E-state index in [4.69, 9.17) is 16.7 Å². The van der Waals surface area contributed by atoms with Gasteiger partial charge in [0.2, 0.25) is 0 Å². The van der Waals surface area contributed by atoms with Crippen LogP contribution in [0.15, 0.2) is 53.0 Å². The standard InChI is InChI=1S/C18H15BrClN3/c19-13-5-3-6-14(11-13)23-18-15(8-9-21-18)17(22-23)10-12-4-1-2-7-16(12)20/h1-7,11,21H,8-10H2. The number of hydrogen-bond donors (Lipinski definition) is 1. The zero-order chi connectivity index (χ0) is 15.8. The largest absolute Gasteiger partial charge is 0.369 e. The molecule has 1 aliphatic heterocycles. The predicted octanol–water partition coefficient (Wildman–Crippen LogP) is 4.85. The van der Waals surface area contributed by atoms with E-state index in [1.165, 1.54) is 5.56 Å². The highest BCUT2D eigenvalue weighted by Gasteiger charge is 2.23. The molecule has 0 bridgehead atoms. The smallest absolute Gasteiger partial charge is 0.133 e. The zero-order valence-electron chi connectivity index (χ0n) is 12.4. The van der Waals surface area contributed by atoms with Gasteiger partial charge < -0.3 is 5.32 Å². The molecule has 23 heavy (non-hydrogen) atoms. The molecule has 4 rings (SSSR count). The van der Waals surface area contributed by atoms with E-state index < -0.39 is 0 Å². The molecule has 0 saturated heterocycles. The molecule has 2 aromatic carbocycles. The van der Waals surface area contributed by atoms with Gasteiger partial charge in [0.25, 0.3) is 0 Å². The van der Waals surface area contributed by atoms with Crippen molar-refractivity contribution < 1.29 is 0 Å². The van der Waals surface area contributed by atoms with E-state index in [1.807, 2.05) is 35.0 Å². The van der Waals surface area contributed by atoms with Gasteiger partial charge in [0.1, 0.15) is 5.82 Å². The average Bonchev–Trinajstić information content (AvgIpc) is 3.13. The third-order valence-corrected chi connectivity index (χ3v) is 4.96. The topological polar surface area (TPSA) is 29.9 Å². The number of anilines is 1. The second-order valence-corrected chi connectivity index (χ2v) is 6.93. The van der Waals surface area contributed by atoms with Crippen LogP contribution in [0.1, 0.15) is 16.8 Å². The molecule has 1 aromatic heterocycles. The third kappa shape index (κ3) is 2.77. The molecule has 1 N–H and O–H groups in total. The first-order valence-corrected chi connectivity index (χ1v) is 8.73. The molecule has 0 spiro atoms. The van der Waals surface area contributed by atoms with Crippen LogP contribution in [-0.4, -0.2) is 16.3 Å². The Morgan fingerprint density at radius 1 is 1.17 bits per heavy atom. The van der Waals surface area contributed by atoms with Gasteiger partial charge in [0.05, 0.1) is 11.4 Å². The molecule has 5 heteroatoms. The fourth-order valence-corrected chi connectivity index (χ4v) is 3.59. The van der Waals surface area contributed by atoms with Gasteiger partial charge in [0.15, 0.2) is 0 Å². The first kappa shape index (κ1) is 14.8. The summed E-state index contributed by atoms with van der Waals surface area (Å²) in [5.41, 5.74) is 4.56. The minimum absolute atomic E-state index is 0.755. The Kier molecular flexibility index (Phi) is 3.87. The molecule has 3 aromatic rings. The Morgan fingerprint density at radius 2 is 2.04 bits per heavy atom. The molecule has 0 aliphatic carbocycles. The van der Waals surface area contributed by atoms with Crippen LogP contribution < -0.4 is 5.32 Å². The first-order valence-electron chi connectivity index (χ1n) is 7.56. The van der Waals surface area contributed by atoms with Crippen molar-refractivity contribution in [1.29, 1.82) is 0 Å². The number of benzene rings is 2. The van der Waals surface area contributed by atoms with Crippen LogP contribution in [-0.2, 0) is 12.8 Å². The van der Waals surface area contributed by atoms with Gasteiger partial charge in [-0.2, -0.15) is 5.10 Å². The Balaban J connectivity index is 1.78. The number of aromatic nitrogens is 2. The molecule has 3 nitrogen and oxygen atoms in total. The Bertz CT molecular complexity index is 872. The molecule has 0 amide bonds. The van der Waals surface area contributed by atoms with Crippen molar-refractivity contribution in [3.63, 3.8) is 0 Å². The highest BCUT2D eigenvalue weighted by Crippen LogP contribution is 2.31. The SMILES string of the molecule is Clc1ccccc1Cc1nn(-c2cccc(Br)c2)c2c1CCN2. The molecular formula is C18H15BrClN3. The lowest BCUT2D eigenvalue weighted by molar-refractivity contribution is 0.839. The normalized spacial score (nSPS) is 13.0. The summed E-state index contributed by atoms with van der Waals surface area (Å²) in [7, 11) is 0. The zero-order valence-corrected chi connectivity index (χ0v) is 14.7. The van der Waals surface area contributed by atoms with Gasteiger partial charge in [-0.25, -0.2) is 4.68 Å². The van der Waals surface area contributed by atoms with Gasteiger partial charge in [-0.1, -0.05) is 51.8 Å². The average molecular weight is 389 g/mol. The van der Waals surface area contributed by atoms with E-state index in [2.05, 4.69) is 39.4 Å². The van der Waals surface area contributed by atoms with Crippen LogP contribution in [0.5, 0.6) is 0 Å². The first-order chi connectivity index (χ1) is 11.2. The number of nitrogens with zero attached hydrogens (tertiary/aromatic N) is 2. The fourth-order valence-electron chi connectivity index (χ4n) is 3.00. The highest BCUT2D eigenvalue weighted by atomic mass is 79.9. The van der Waals surface area contributed by atoms with E-state index in [1.54, 1.807) is 0 Å². The summed E-state index contributed by atoms with van der Waals surface area (Å²) in [6.07, 6.45) is 1.76. The van der Waals surface area contributed by atoms with Crippen molar-refractivity contribution in [3.05, 3.63) is 74.8 Å². The molecule has 0 atom stereocenters. The molecule has 0 fully saturated rings. The van der Waals surface area contributed by atoms with Crippen LogP contribution >= 0.6 is 27.5 Å². The summed E-state index contributed by atoms with van der Waals surface area (Å²) in [5, 5.41) is 9.11. The minimum Gasteiger partial charge on any atom is -0.369 e. The lowest BCUT2D eigenvalue weighted by Crippen LogP contribution is -2.05. The Labute approximate surface area is 148 Å². The third-order valence-electron chi connectivity index (χ3n) is 4.10. The summed E-state index contributed by atoms with van der Waals surface area (Å²) >= 11 is 9.84. The van der Waals surface area contributed by atoms with E-state index in [0.29, 0.717) is 0 Å². The van der Waals surface area contributed by atoms with Crippen LogP contribution in [0.2, 0.25) is 5.02 Å². The fraction of sp³-hybridized carbons (Fsp3) is 0.167. The summed E-state index contributed by atoms with van der Waals surface area (Å²) in [6, 6.07) is 16.2. The molecule has 1 aliphatic rings. The lowest BCUT2D eigenvalue weighted by Gasteiger charge is -2.07. The molecular weight excluding hydrogens is 374 g/mol. The maximum atomic E-state index is 6.31. The molecule has 0 saturated carbocycles. The van der Waals surface area contributed by atoms with Crippen LogP contribution in [0.3, 0.4) is 0 Å². The quantitative estimate of drug-likeness (QED) is 0.695. The van der Waals surface area contributed by atoms with E-state index in [0.717, 1.165) is 51.6 Å². The number of rotatable bonds is 3. The van der Waals surface area contributed by atoms with Gasteiger partial charge in [0, 0.05) is 28.0 Å². The number of halogens is 2. The number of fused-ring (bicyclic) bond motifs is 1. The Morgan fingerprint density at radius 3 is 2.87 bits per heavy atom. The summed E-state index contributed by atoms with van der Waals surface area (Å²) in [6.45, 7) is 0.955. The van der Waals surface area contributed by atoms with Crippen molar-refractivity contribution in [2.24, 2.45) is 0 Å². The minimum atomic E-state index is 0.755. The molecule has 2 heterocycles. The molecule has 0 radical (unpaired) electrons. The summed E-state index contributed by atoms with van der Waals surface area (Å²) < 4.78 is 3.05. The van der Waals surface area contributed by atoms with E-state index in [9.17, 15) is 0 Å². The van der Waals surface area contributed by atoms with Gasteiger partial charge in [-0.3, -0.25) is 0 Å². The van der Waals surface area contributed by atoms with E-state index in [-0.39, 0.29) is 0 Å². The van der Waals surface area contributed by atoms with Crippen molar-refractivity contribution in [3.8, 4) is 5.69 Å². The predicted molar refractivity (Wildman–Crippen MR) is 97.7 cm³/mol. The van der Waals surface area contributed by atoms with Gasteiger partial charge in [-0.15, -0.1) is 0 Å². The van der Waals surface area contributed by atoms with Crippen molar-refractivity contribution >= 4 is 33.3 Å². The molecule has 116 valence electrons. The van der Waals surface area contributed by atoms with E-state index >= 15 is 0 Å². The van der Waals surface area contributed by atoms with Crippen molar-refractivity contribution in [2.75, 3.05) is 11.9 Å². The van der Waals surface area contributed by atoms with Crippen LogP contribution in [0.25, 0.3) is 5.69 Å². The second-order valence-electron chi connectivity index (χ2n) is 5.61. The highest BCUT2D eigenvalue weighted by molar-refractivity contribution is 9.10. The van der Waals surface area contributed by atoms with Gasteiger partial charge >= 0.3 is 0 Å². The van der Waals surface area contributed by atoms with Gasteiger partial charge in [-0.05, 0) is 36.2 Å². The van der Waals surface area contributed by atoms with Crippen LogP contribution in [0.4, 0.5) is 5.82 Å². The Hall–Kier alpha value is -1.78. The lowest BCUT2D eigenvalue weighted by atomic mass is 10.1.